The maximum atomic E-state index is 12.5. The molecular weight excluding hydrogens is 342 g/mol. The van der Waals surface area contributed by atoms with Gasteiger partial charge in [0.2, 0.25) is 5.95 Å². The molecule has 1 aromatic heterocycles. The number of hydrogen-bond donors (Lipinski definition) is 1. The number of nitrogens with zero attached hydrogens (tertiary/aromatic N) is 4. The molecule has 1 N–H and O–H groups in total. The van der Waals surface area contributed by atoms with Crippen molar-refractivity contribution in [3.8, 4) is 0 Å². The molecule has 2 aliphatic heterocycles. The van der Waals surface area contributed by atoms with Crippen LogP contribution in [0.15, 0.2) is 36.5 Å². The Morgan fingerprint density at radius 2 is 1.96 bits per heavy atom. The van der Waals surface area contributed by atoms with E-state index in [1.54, 1.807) is 0 Å². The predicted octanol–water partition coefficient (Wildman–Crippen LogP) is 1.62. The van der Waals surface area contributed by atoms with Crippen molar-refractivity contribution in [1.29, 1.82) is 0 Å². The maximum absolute atomic E-state index is 12.5. The number of rotatable bonds is 4. The Morgan fingerprint density at radius 1 is 1.15 bits per heavy atom. The monoisotopic (exact) mass is 367 g/mol. The van der Waals surface area contributed by atoms with Gasteiger partial charge in [-0.05, 0) is 24.0 Å². The molecule has 2 aliphatic rings. The zero-order valence-electron chi connectivity index (χ0n) is 15.4. The molecular formula is C20H25N5O2. The molecule has 1 aromatic carbocycles. The predicted molar refractivity (Wildman–Crippen MR) is 103 cm³/mol. The van der Waals surface area contributed by atoms with E-state index in [-0.39, 0.29) is 6.03 Å². The summed E-state index contributed by atoms with van der Waals surface area (Å²) in [6, 6.07) is 10.2. The number of amides is 2. The lowest BCUT2D eigenvalue weighted by Gasteiger charge is -2.30. The number of anilines is 1. The zero-order chi connectivity index (χ0) is 18.5. The van der Waals surface area contributed by atoms with Crippen LogP contribution in [-0.4, -0.2) is 60.3 Å². The Balaban J connectivity index is 1.34. The highest BCUT2D eigenvalue weighted by Gasteiger charge is 2.23. The van der Waals surface area contributed by atoms with Gasteiger partial charge in [-0.1, -0.05) is 30.3 Å². The van der Waals surface area contributed by atoms with E-state index in [0.717, 1.165) is 43.1 Å². The molecule has 1 saturated heterocycles. The van der Waals surface area contributed by atoms with Gasteiger partial charge in [-0.15, -0.1) is 0 Å². The third-order valence-electron chi connectivity index (χ3n) is 5.05. The third-order valence-corrected chi connectivity index (χ3v) is 5.05. The van der Waals surface area contributed by atoms with Crippen molar-refractivity contribution >= 4 is 12.0 Å². The molecule has 1 fully saturated rings. The molecule has 27 heavy (non-hydrogen) atoms. The summed E-state index contributed by atoms with van der Waals surface area (Å²) in [6.07, 6.45) is 3.54. The molecule has 3 heterocycles. The van der Waals surface area contributed by atoms with E-state index >= 15 is 0 Å². The van der Waals surface area contributed by atoms with Crippen molar-refractivity contribution in [2.75, 3.05) is 44.3 Å². The van der Waals surface area contributed by atoms with Gasteiger partial charge in [0, 0.05) is 32.4 Å². The Labute approximate surface area is 159 Å². The van der Waals surface area contributed by atoms with Crippen LogP contribution in [0.25, 0.3) is 0 Å². The second-order valence-corrected chi connectivity index (χ2v) is 6.88. The topological polar surface area (TPSA) is 70.6 Å². The number of benzene rings is 1. The van der Waals surface area contributed by atoms with Gasteiger partial charge in [0.25, 0.3) is 0 Å². The molecule has 0 atom stereocenters. The fourth-order valence-corrected chi connectivity index (χ4v) is 3.45. The first-order chi connectivity index (χ1) is 13.3. The smallest absolute Gasteiger partial charge is 0.317 e. The van der Waals surface area contributed by atoms with Crippen molar-refractivity contribution in [1.82, 2.24) is 20.2 Å². The molecule has 0 radical (unpaired) electrons. The van der Waals surface area contributed by atoms with Gasteiger partial charge < -0.3 is 19.9 Å². The van der Waals surface area contributed by atoms with Gasteiger partial charge in [-0.2, -0.15) is 0 Å². The van der Waals surface area contributed by atoms with Crippen molar-refractivity contribution in [3.63, 3.8) is 0 Å². The minimum absolute atomic E-state index is 0.0249. The highest BCUT2D eigenvalue weighted by molar-refractivity contribution is 5.74. The summed E-state index contributed by atoms with van der Waals surface area (Å²) in [5.41, 5.74) is 3.32. The number of aromatic nitrogens is 2. The number of ether oxygens (including phenoxy) is 1. The summed E-state index contributed by atoms with van der Waals surface area (Å²) in [4.78, 5) is 25.8. The largest absolute Gasteiger partial charge is 0.378 e. The lowest BCUT2D eigenvalue weighted by molar-refractivity contribution is 0.122. The molecule has 2 amide bonds. The Hall–Kier alpha value is -2.67. The van der Waals surface area contributed by atoms with E-state index in [9.17, 15) is 4.79 Å². The average molecular weight is 367 g/mol. The first-order valence-corrected chi connectivity index (χ1v) is 9.54. The number of urea groups is 1. The Bertz CT molecular complexity index is 777. The first kappa shape index (κ1) is 17.7. The lowest BCUT2D eigenvalue weighted by Crippen LogP contribution is -2.44. The van der Waals surface area contributed by atoms with Crippen molar-refractivity contribution in [3.05, 3.63) is 53.3 Å². The van der Waals surface area contributed by atoms with E-state index in [4.69, 9.17) is 9.72 Å². The van der Waals surface area contributed by atoms with E-state index in [1.807, 2.05) is 29.3 Å². The van der Waals surface area contributed by atoms with Gasteiger partial charge in [-0.25, -0.2) is 14.8 Å². The molecule has 0 spiro atoms. The fraction of sp³-hybridized carbons (Fsp3) is 0.450. The Kier molecular flexibility index (Phi) is 5.48. The van der Waals surface area contributed by atoms with Crippen molar-refractivity contribution < 1.29 is 9.53 Å². The SMILES string of the molecule is O=C(NCCc1ccccc1)N1CCc2cnc(N3CCOCC3)nc2C1. The summed E-state index contributed by atoms with van der Waals surface area (Å²) in [5, 5.41) is 3.03. The quantitative estimate of drug-likeness (QED) is 0.889. The summed E-state index contributed by atoms with van der Waals surface area (Å²) in [7, 11) is 0. The van der Waals surface area contributed by atoms with Gasteiger partial charge in [0.15, 0.2) is 0 Å². The second-order valence-electron chi connectivity index (χ2n) is 6.88. The molecule has 0 saturated carbocycles. The lowest BCUT2D eigenvalue weighted by atomic mass is 10.1. The third kappa shape index (κ3) is 4.36. The summed E-state index contributed by atoms with van der Waals surface area (Å²) < 4.78 is 5.39. The zero-order valence-corrected chi connectivity index (χ0v) is 15.4. The highest BCUT2D eigenvalue weighted by atomic mass is 16.5. The molecule has 7 heteroatoms. The van der Waals surface area contributed by atoms with Crippen LogP contribution in [0, 0.1) is 0 Å². The number of fused-ring (bicyclic) bond motifs is 1. The molecule has 7 nitrogen and oxygen atoms in total. The van der Waals surface area contributed by atoms with Gasteiger partial charge in [0.05, 0.1) is 25.5 Å². The highest BCUT2D eigenvalue weighted by Crippen LogP contribution is 2.19. The Morgan fingerprint density at radius 3 is 2.78 bits per heavy atom. The van der Waals surface area contributed by atoms with Gasteiger partial charge in [-0.3, -0.25) is 0 Å². The van der Waals surface area contributed by atoms with Gasteiger partial charge >= 0.3 is 6.03 Å². The van der Waals surface area contributed by atoms with Crippen LogP contribution in [0.5, 0.6) is 0 Å². The van der Waals surface area contributed by atoms with E-state index in [0.29, 0.717) is 32.8 Å². The van der Waals surface area contributed by atoms with Crippen LogP contribution in [0.1, 0.15) is 16.8 Å². The van der Waals surface area contributed by atoms with Crippen molar-refractivity contribution in [2.24, 2.45) is 0 Å². The van der Waals surface area contributed by atoms with Crippen LogP contribution in [0.2, 0.25) is 0 Å². The van der Waals surface area contributed by atoms with Crippen LogP contribution >= 0.6 is 0 Å². The van der Waals surface area contributed by atoms with Crippen molar-refractivity contribution in [2.45, 2.75) is 19.4 Å². The average Bonchev–Trinajstić information content (AvgIpc) is 2.74. The van der Waals surface area contributed by atoms with E-state index in [1.165, 1.54) is 5.56 Å². The summed E-state index contributed by atoms with van der Waals surface area (Å²) >= 11 is 0. The number of nitrogens with one attached hydrogen (secondary N) is 1. The molecule has 0 bridgehead atoms. The van der Waals surface area contributed by atoms with Crippen LogP contribution in [0.4, 0.5) is 10.7 Å². The molecule has 142 valence electrons. The number of hydrogen-bond acceptors (Lipinski definition) is 5. The number of morpholine rings is 1. The van der Waals surface area contributed by atoms with E-state index < -0.39 is 0 Å². The summed E-state index contributed by atoms with van der Waals surface area (Å²) in [6.45, 7) is 4.89. The minimum atomic E-state index is -0.0249. The summed E-state index contributed by atoms with van der Waals surface area (Å²) in [5.74, 6) is 0.739. The van der Waals surface area contributed by atoms with E-state index in [2.05, 4.69) is 27.3 Å². The standard InChI is InChI=1S/C20H25N5O2/c26-20(21-8-6-16-4-2-1-3-5-16)25-9-7-17-14-22-19(23-18(17)15-25)24-10-12-27-13-11-24/h1-5,14H,6-13,15H2,(H,21,26). The number of carbonyl (C=O) groups is 1. The van der Waals surface area contributed by atoms with Crippen LogP contribution < -0.4 is 10.2 Å². The molecule has 0 aliphatic carbocycles. The maximum Gasteiger partial charge on any atom is 0.317 e. The van der Waals surface area contributed by atoms with Crippen LogP contribution in [-0.2, 0) is 24.1 Å². The van der Waals surface area contributed by atoms with Gasteiger partial charge in [0.1, 0.15) is 0 Å². The molecule has 0 unspecified atom stereocenters. The number of carbonyl (C=O) groups excluding carboxylic acids is 1. The normalized spacial score (nSPS) is 16.7. The minimum Gasteiger partial charge on any atom is -0.378 e. The molecule has 2 aromatic rings. The molecule has 4 rings (SSSR count). The second kappa shape index (κ2) is 8.35. The van der Waals surface area contributed by atoms with Crippen LogP contribution in [0.3, 0.4) is 0 Å². The fourth-order valence-electron chi connectivity index (χ4n) is 3.45. The first-order valence-electron chi connectivity index (χ1n) is 9.54.